The van der Waals surface area contributed by atoms with Crippen LogP contribution >= 0.6 is 0 Å². The second-order valence-corrected chi connectivity index (χ2v) is 5.20. The maximum atomic E-state index is 5.35. The van der Waals surface area contributed by atoms with E-state index in [2.05, 4.69) is 31.0 Å². The Balaban J connectivity index is 2.41. The van der Waals surface area contributed by atoms with Crippen molar-refractivity contribution in [3.8, 4) is 0 Å². The average molecular weight is 228 g/mol. The SMILES string of the molecule is CCCNCC(COC)N1CC(C)CC1C. The van der Waals surface area contributed by atoms with Crippen LogP contribution in [0.1, 0.15) is 33.6 Å². The number of rotatable bonds is 7. The molecule has 0 aromatic heterocycles. The highest BCUT2D eigenvalue weighted by Gasteiger charge is 2.31. The molecule has 0 spiro atoms. The van der Waals surface area contributed by atoms with Gasteiger partial charge in [-0.2, -0.15) is 0 Å². The number of hydrogen-bond donors (Lipinski definition) is 1. The van der Waals surface area contributed by atoms with Crippen LogP contribution in [0, 0.1) is 5.92 Å². The molecular weight excluding hydrogens is 200 g/mol. The summed E-state index contributed by atoms with van der Waals surface area (Å²) >= 11 is 0. The fourth-order valence-electron chi connectivity index (χ4n) is 2.75. The summed E-state index contributed by atoms with van der Waals surface area (Å²) in [4.78, 5) is 2.61. The Morgan fingerprint density at radius 2 is 2.19 bits per heavy atom. The highest BCUT2D eigenvalue weighted by molar-refractivity contribution is 4.86. The molecule has 0 radical (unpaired) electrons. The molecule has 1 saturated heterocycles. The van der Waals surface area contributed by atoms with E-state index in [0.717, 1.165) is 25.6 Å². The number of hydrogen-bond acceptors (Lipinski definition) is 3. The zero-order valence-corrected chi connectivity index (χ0v) is 11.3. The normalized spacial score (nSPS) is 28.5. The van der Waals surface area contributed by atoms with Crippen molar-refractivity contribution in [1.82, 2.24) is 10.2 Å². The molecule has 0 aliphatic carbocycles. The topological polar surface area (TPSA) is 24.5 Å². The number of nitrogens with one attached hydrogen (secondary N) is 1. The zero-order chi connectivity index (χ0) is 12.0. The van der Waals surface area contributed by atoms with Gasteiger partial charge in [-0.25, -0.2) is 0 Å². The van der Waals surface area contributed by atoms with Gasteiger partial charge in [0.05, 0.1) is 6.61 Å². The molecule has 0 aromatic carbocycles. The Bertz CT molecular complexity index is 187. The molecule has 1 rings (SSSR count). The van der Waals surface area contributed by atoms with Gasteiger partial charge in [-0.05, 0) is 32.2 Å². The van der Waals surface area contributed by atoms with E-state index in [1.807, 2.05) is 0 Å². The maximum Gasteiger partial charge on any atom is 0.0630 e. The third-order valence-electron chi connectivity index (χ3n) is 3.47. The standard InChI is InChI=1S/C13H28N2O/c1-5-6-14-8-13(10-16-4)15-9-11(2)7-12(15)3/h11-14H,5-10H2,1-4H3. The molecule has 3 unspecified atom stereocenters. The van der Waals surface area contributed by atoms with Crippen LogP contribution in [0.3, 0.4) is 0 Å². The molecule has 1 fully saturated rings. The summed E-state index contributed by atoms with van der Waals surface area (Å²) in [5.74, 6) is 0.834. The molecule has 1 heterocycles. The van der Waals surface area contributed by atoms with Crippen molar-refractivity contribution < 1.29 is 4.74 Å². The lowest BCUT2D eigenvalue weighted by Crippen LogP contribution is -2.47. The van der Waals surface area contributed by atoms with Crippen LogP contribution in [0.5, 0.6) is 0 Å². The molecule has 96 valence electrons. The summed E-state index contributed by atoms with van der Waals surface area (Å²) in [5.41, 5.74) is 0. The van der Waals surface area contributed by atoms with E-state index in [1.54, 1.807) is 7.11 Å². The summed E-state index contributed by atoms with van der Waals surface area (Å²) in [6.45, 7) is 11.1. The van der Waals surface area contributed by atoms with Gasteiger partial charge in [0, 0.05) is 32.3 Å². The van der Waals surface area contributed by atoms with Crippen LogP contribution in [-0.2, 0) is 4.74 Å². The monoisotopic (exact) mass is 228 g/mol. The van der Waals surface area contributed by atoms with Crippen molar-refractivity contribution in [3.63, 3.8) is 0 Å². The Kier molecular flexibility index (Phi) is 6.32. The van der Waals surface area contributed by atoms with Gasteiger partial charge >= 0.3 is 0 Å². The molecular formula is C13H28N2O. The maximum absolute atomic E-state index is 5.35. The van der Waals surface area contributed by atoms with Crippen LogP contribution < -0.4 is 5.32 Å². The van der Waals surface area contributed by atoms with Crippen LogP contribution in [0.4, 0.5) is 0 Å². The minimum Gasteiger partial charge on any atom is -0.383 e. The summed E-state index contributed by atoms with van der Waals surface area (Å²) in [6, 6.07) is 1.25. The Morgan fingerprint density at radius 1 is 1.44 bits per heavy atom. The van der Waals surface area contributed by atoms with Gasteiger partial charge in [-0.15, -0.1) is 0 Å². The van der Waals surface area contributed by atoms with Crippen molar-refractivity contribution in [2.24, 2.45) is 5.92 Å². The number of nitrogens with zero attached hydrogens (tertiary/aromatic N) is 1. The Morgan fingerprint density at radius 3 is 2.69 bits per heavy atom. The van der Waals surface area contributed by atoms with E-state index in [0.29, 0.717) is 12.1 Å². The number of ether oxygens (including phenoxy) is 1. The molecule has 3 nitrogen and oxygen atoms in total. The van der Waals surface area contributed by atoms with Gasteiger partial charge < -0.3 is 10.1 Å². The summed E-state index contributed by atoms with van der Waals surface area (Å²) in [5, 5.41) is 3.51. The first-order valence-corrected chi connectivity index (χ1v) is 6.64. The molecule has 3 heteroatoms. The van der Waals surface area contributed by atoms with Crippen LogP contribution in [0.25, 0.3) is 0 Å². The molecule has 1 N–H and O–H groups in total. The molecule has 0 saturated carbocycles. The third kappa shape index (κ3) is 4.04. The zero-order valence-electron chi connectivity index (χ0n) is 11.3. The second-order valence-electron chi connectivity index (χ2n) is 5.20. The first-order valence-electron chi connectivity index (χ1n) is 6.64. The van der Waals surface area contributed by atoms with Gasteiger partial charge in [0.1, 0.15) is 0 Å². The van der Waals surface area contributed by atoms with Gasteiger partial charge in [0.15, 0.2) is 0 Å². The van der Waals surface area contributed by atoms with E-state index in [4.69, 9.17) is 4.74 Å². The lowest BCUT2D eigenvalue weighted by Gasteiger charge is -2.31. The van der Waals surface area contributed by atoms with E-state index in [9.17, 15) is 0 Å². The molecule has 1 aliphatic heterocycles. The third-order valence-corrected chi connectivity index (χ3v) is 3.47. The van der Waals surface area contributed by atoms with Gasteiger partial charge in [-0.3, -0.25) is 4.90 Å². The quantitative estimate of drug-likeness (QED) is 0.672. The van der Waals surface area contributed by atoms with Crippen LogP contribution in [0.2, 0.25) is 0 Å². The fraction of sp³-hybridized carbons (Fsp3) is 1.00. The molecule has 0 aromatic rings. The first-order chi connectivity index (χ1) is 7.69. The van der Waals surface area contributed by atoms with E-state index in [-0.39, 0.29) is 0 Å². The van der Waals surface area contributed by atoms with Crippen LogP contribution in [-0.4, -0.2) is 50.3 Å². The van der Waals surface area contributed by atoms with Crippen molar-refractivity contribution in [1.29, 1.82) is 0 Å². The average Bonchev–Trinajstić information content (AvgIpc) is 2.57. The van der Waals surface area contributed by atoms with E-state index >= 15 is 0 Å². The minimum atomic E-state index is 0.538. The van der Waals surface area contributed by atoms with Crippen molar-refractivity contribution >= 4 is 0 Å². The van der Waals surface area contributed by atoms with E-state index in [1.165, 1.54) is 19.4 Å². The number of methoxy groups -OCH3 is 1. The van der Waals surface area contributed by atoms with Gasteiger partial charge in [-0.1, -0.05) is 13.8 Å². The van der Waals surface area contributed by atoms with Crippen molar-refractivity contribution in [2.45, 2.75) is 45.7 Å². The largest absolute Gasteiger partial charge is 0.383 e. The number of likely N-dealkylation sites (tertiary alicyclic amines) is 1. The Labute approximate surface area is 101 Å². The van der Waals surface area contributed by atoms with Gasteiger partial charge in [0.2, 0.25) is 0 Å². The predicted molar refractivity (Wildman–Crippen MR) is 68.8 cm³/mol. The molecule has 3 atom stereocenters. The minimum absolute atomic E-state index is 0.538. The first kappa shape index (κ1) is 13.9. The lowest BCUT2D eigenvalue weighted by atomic mass is 10.1. The van der Waals surface area contributed by atoms with Crippen LogP contribution in [0.15, 0.2) is 0 Å². The van der Waals surface area contributed by atoms with Crippen molar-refractivity contribution in [2.75, 3.05) is 33.4 Å². The highest BCUT2D eigenvalue weighted by atomic mass is 16.5. The molecule has 16 heavy (non-hydrogen) atoms. The van der Waals surface area contributed by atoms with E-state index < -0.39 is 0 Å². The molecule has 1 aliphatic rings. The highest BCUT2D eigenvalue weighted by Crippen LogP contribution is 2.24. The fourth-order valence-corrected chi connectivity index (χ4v) is 2.75. The molecule has 0 amide bonds. The second kappa shape index (κ2) is 7.25. The molecule has 0 bridgehead atoms. The predicted octanol–water partition coefficient (Wildman–Crippen LogP) is 1.73. The van der Waals surface area contributed by atoms with Crippen molar-refractivity contribution in [3.05, 3.63) is 0 Å². The lowest BCUT2D eigenvalue weighted by molar-refractivity contribution is 0.0840. The summed E-state index contributed by atoms with van der Waals surface area (Å²) in [7, 11) is 1.80. The summed E-state index contributed by atoms with van der Waals surface area (Å²) < 4.78 is 5.35. The summed E-state index contributed by atoms with van der Waals surface area (Å²) in [6.07, 6.45) is 2.53. The smallest absolute Gasteiger partial charge is 0.0630 e. The Hall–Kier alpha value is -0.120. The van der Waals surface area contributed by atoms with Gasteiger partial charge in [0.25, 0.3) is 0 Å².